The van der Waals surface area contributed by atoms with Gasteiger partial charge in [-0.25, -0.2) is 4.98 Å². The molecule has 1 aromatic heterocycles. The number of hydrogen-bond acceptors (Lipinski definition) is 2. The Kier molecular flexibility index (Phi) is 3.74. The van der Waals surface area contributed by atoms with E-state index in [-0.39, 0.29) is 5.75 Å². The van der Waals surface area contributed by atoms with Crippen molar-refractivity contribution in [3.63, 3.8) is 0 Å². The van der Waals surface area contributed by atoms with Crippen LogP contribution < -0.4 is 4.74 Å². The molecule has 2 nitrogen and oxygen atoms in total. The number of rotatable bonds is 2. The zero-order chi connectivity index (χ0) is 13.2. The average Bonchev–Trinajstić information content (AvgIpc) is 2.29. The molecule has 0 saturated carbocycles. The third kappa shape index (κ3) is 3.34. The number of benzene rings is 1. The third-order valence-corrected chi connectivity index (χ3v) is 2.79. The fourth-order valence-corrected chi connectivity index (χ4v) is 1.77. The molecule has 0 amide bonds. The summed E-state index contributed by atoms with van der Waals surface area (Å²) in [6.45, 7) is 0. The third-order valence-electron chi connectivity index (χ3n) is 2.15. The van der Waals surface area contributed by atoms with Crippen molar-refractivity contribution in [3.8, 4) is 16.9 Å². The quantitative estimate of drug-likeness (QED) is 0.587. The highest BCUT2D eigenvalue weighted by Gasteiger charge is 2.32. The van der Waals surface area contributed by atoms with E-state index in [0.717, 1.165) is 3.70 Å². The van der Waals surface area contributed by atoms with Gasteiger partial charge in [-0.2, -0.15) is 0 Å². The van der Waals surface area contributed by atoms with E-state index in [1.54, 1.807) is 24.3 Å². The number of halogens is 4. The molecular formula is C12H7F3INO. The lowest BCUT2D eigenvalue weighted by Gasteiger charge is -2.12. The van der Waals surface area contributed by atoms with Gasteiger partial charge in [-0.3, -0.25) is 0 Å². The summed E-state index contributed by atoms with van der Waals surface area (Å²) >= 11 is 2.02. The standard InChI is InChI=1S/C12H7F3INO/c13-12(14,15)18-10-4-2-1-3-9(10)8-5-6-11(16)17-7-8/h1-7H. The highest BCUT2D eigenvalue weighted by atomic mass is 127. The Hall–Kier alpha value is -1.31. The van der Waals surface area contributed by atoms with Crippen LogP contribution in [0, 0.1) is 3.70 Å². The Morgan fingerprint density at radius 1 is 1.06 bits per heavy atom. The molecule has 6 heteroatoms. The van der Waals surface area contributed by atoms with Gasteiger partial charge < -0.3 is 4.74 Å². The molecule has 0 fully saturated rings. The number of para-hydroxylation sites is 1. The van der Waals surface area contributed by atoms with Gasteiger partial charge in [0.25, 0.3) is 0 Å². The summed E-state index contributed by atoms with van der Waals surface area (Å²) in [4.78, 5) is 4.04. The van der Waals surface area contributed by atoms with E-state index in [0.29, 0.717) is 11.1 Å². The van der Waals surface area contributed by atoms with Gasteiger partial charge in [0.2, 0.25) is 0 Å². The highest BCUT2D eigenvalue weighted by Crippen LogP contribution is 2.33. The Balaban J connectivity index is 2.41. The van der Waals surface area contributed by atoms with Gasteiger partial charge in [0.05, 0.1) is 0 Å². The number of alkyl halides is 3. The Morgan fingerprint density at radius 3 is 2.39 bits per heavy atom. The summed E-state index contributed by atoms with van der Waals surface area (Å²) in [7, 11) is 0. The topological polar surface area (TPSA) is 22.1 Å². The second-order valence-corrected chi connectivity index (χ2v) is 4.52. The van der Waals surface area contributed by atoms with Crippen molar-refractivity contribution in [3.05, 3.63) is 46.3 Å². The van der Waals surface area contributed by atoms with Crippen molar-refractivity contribution >= 4 is 22.6 Å². The first-order valence-electron chi connectivity index (χ1n) is 4.92. The predicted octanol–water partition coefficient (Wildman–Crippen LogP) is 4.25. The van der Waals surface area contributed by atoms with Crippen LogP contribution >= 0.6 is 22.6 Å². The molecule has 0 aliphatic rings. The maximum atomic E-state index is 12.3. The van der Waals surface area contributed by atoms with Crippen LogP contribution in [0.3, 0.4) is 0 Å². The van der Waals surface area contributed by atoms with Crippen LogP contribution in [0.1, 0.15) is 0 Å². The molecule has 0 spiro atoms. The summed E-state index contributed by atoms with van der Waals surface area (Å²) in [5.74, 6) is -0.229. The normalized spacial score (nSPS) is 11.3. The molecule has 0 radical (unpaired) electrons. The molecule has 0 unspecified atom stereocenters. The molecule has 0 saturated heterocycles. The smallest absolute Gasteiger partial charge is 0.405 e. The molecule has 0 N–H and O–H groups in total. The van der Waals surface area contributed by atoms with Gasteiger partial charge in [0.15, 0.2) is 0 Å². The molecule has 0 aliphatic heterocycles. The molecule has 94 valence electrons. The summed E-state index contributed by atoms with van der Waals surface area (Å²) in [6.07, 6.45) is -3.19. The first kappa shape index (κ1) is 13.1. The zero-order valence-corrected chi connectivity index (χ0v) is 11.1. The first-order valence-corrected chi connectivity index (χ1v) is 6.00. The molecule has 0 aliphatic carbocycles. The number of pyridine rings is 1. The average molecular weight is 365 g/mol. The minimum absolute atomic E-state index is 0.229. The molecule has 0 atom stereocenters. The van der Waals surface area contributed by atoms with Crippen LogP contribution in [0.15, 0.2) is 42.6 Å². The van der Waals surface area contributed by atoms with Gasteiger partial charge in [-0.15, -0.1) is 13.2 Å². The second-order valence-electron chi connectivity index (χ2n) is 3.41. The van der Waals surface area contributed by atoms with E-state index in [2.05, 4.69) is 9.72 Å². The van der Waals surface area contributed by atoms with E-state index < -0.39 is 6.36 Å². The van der Waals surface area contributed by atoms with Crippen LogP contribution in [0.25, 0.3) is 11.1 Å². The number of nitrogens with zero attached hydrogens (tertiary/aromatic N) is 1. The molecule has 2 rings (SSSR count). The lowest BCUT2D eigenvalue weighted by atomic mass is 10.1. The second kappa shape index (κ2) is 5.13. The van der Waals surface area contributed by atoms with E-state index in [4.69, 9.17) is 0 Å². The van der Waals surface area contributed by atoms with E-state index in [9.17, 15) is 13.2 Å². The fraction of sp³-hybridized carbons (Fsp3) is 0.0833. The number of ether oxygens (including phenoxy) is 1. The van der Waals surface area contributed by atoms with Crippen molar-refractivity contribution in [1.29, 1.82) is 0 Å². The van der Waals surface area contributed by atoms with Crippen LogP contribution in [0.2, 0.25) is 0 Å². The minimum Gasteiger partial charge on any atom is -0.405 e. The molecule has 18 heavy (non-hydrogen) atoms. The maximum absolute atomic E-state index is 12.3. The Morgan fingerprint density at radius 2 is 1.78 bits per heavy atom. The van der Waals surface area contributed by atoms with Crippen molar-refractivity contribution < 1.29 is 17.9 Å². The number of hydrogen-bond donors (Lipinski definition) is 0. The van der Waals surface area contributed by atoms with Crippen LogP contribution in [0.5, 0.6) is 5.75 Å². The zero-order valence-electron chi connectivity index (χ0n) is 8.91. The van der Waals surface area contributed by atoms with Crippen LogP contribution in [-0.4, -0.2) is 11.3 Å². The fourth-order valence-electron chi connectivity index (χ4n) is 1.45. The van der Waals surface area contributed by atoms with Gasteiger partial charge in [0.1, 0.15) is 9.45 Å². The Bertz CT molecular complexity index is 540. The lowest BCUT2D eigenvalue weighted by Crippen LogP contribution is -2.17. The summed E-state index contributed by atoms with van der Waals surface area (Å²) < 4.78 is 41.5. The largest absolute Gasteiger partial charge is 0.573 e. The molecule has 1 heterocycles. The SMILES string of the molecule is FC(F)(F)Oc1ccccc1-c1ccc(I)nc1. The number of aromatic nitrogens is 1. The van der Waals surface area contributed by atoms with Gasteiger partial charge in [-0.05, 0) is 34.7 Å². The highest BCUT2D eigenvalue weighted by molar-refractivity contribution is 14.1. The maximum Gasteiger partial charge on any atom is 0.573 e. The van der Waals surface area contributed by atoms with Crippen LogP contribution in [-0.2, 0) is 0 Å². The van der Waals surface area contributed by atoms with Crippen molar-refractivity contribution in [2.24, 2.45) is 0 Å². The minimum atomic E-state index is -4.70. The van der Waals surface area contributed by atoms with Crippen molar-refractivity contribution in [2.45, 2.75) is 6.36 Å². The van der Waals surface area contributed by atoms with Gasteiger partial charge >= 0.3 is 6.36 Å². The molecule has 0 bridgehead atoms. The summed E-state index contributed by atoms with van der Waals surface area (Å²) in [5, 5.41) is 0. The van der Waals surface area contributed by atoms with E-state index >= 15 is 0 Å². The van der Waals surface area contributed by atoms with Crippen LogP contribution in [0.4, 0.5) is 13.2 Å². The summed E-state index contributed by atoms with van der Waals surface area (Å²) in [5.41, 5.74) is 0.939. The van der Waals surface area contributed by atoms with E-state index in [1.807, 2.05) is 22.6 Å². The summed E-state index contributed by atoms with van der Waals surface area (Å²) in [6, 6.07) is 9.40. The van der Waals surface area contributed by atoms with Crippen molar-refractivity contribution in [1.82, 2.24) is 4.98 Å². The van der Waals surface area contributed by atoms with E-state index in [1.165, 1.54) is 18.3 Å². The molecular weight excluding hydrogens is 358 g/mol. The molecule has 1 aromatic carbocycles. The van der Waals surface area contributed by atoms with Gasteiger partial charge in [0, 0.05) is 17.3 Å². The van der Waals surface area contributed by atoms with Crippen molar-refractivity contribution in [2.75, 3.05) is 0 Å². The monoisotopic (exact) mass is 365 g/mol. The Labute approximate surface area is 115 Å². The molecule has 2 aromatic rings. The lowest BCUT2D eigenvalue weighted by molar-refractivity contribution is -0.274. The first-order chi connectivity index (χ1) is 8.46. The van der Waals surface area contributed by atoms with Gasteiger partial charge in [-0.1, -0.05) is 24.3 Å². The predicted molar refractivity (Wildman–Crippen MR) is 69.1 cm³/mol.